The Morgan fingerprint density at radius 1 is 1.33 bits per heavy atom. The summed E-state index contributed by atoms with van der Waals surface area (Å²) in [7, 11) is 0. The molecule has 114 valence electrons. The third-order valence-electron chi connectivity index (χ3n) is 3.63. The molecule has 5 nitrogen and oxygen atoms in total. The van der Waals surface area contributed by atoms with Crippen LogP contribution in [0.5, 0.6) is 0 Å². The van der Waals surface area contributed by atoms with Gasteiger partial charge in [-0.25, -0.2) is 9.59 Å². The first-order chi connectivity index (χ1) is 10.1. The molecule has 1 aliphatic heterocycles. The number of rotatable bonds is 4. The van der Waals surface area contributed by atoms with Gasteiger partial charge in [0.2, 0.25) is 0 Å². The van der Waals surface area contributed by atoms with Gasteiger partial charge in [-0.2, -0.15) is 11.8 Å². The second kappa shape index (κ2) is 7.36. The SMILES string of the molecule is Cc1cccc(NC(=O)NCC2CCSCC2)c1C(=O)O. The van der Waals surface area contributed by atoms with Crippen molar-refractivity contribution in [1.82, 2.24) is 5.32 Å². The maximum absolute atomic E-state index is 11.9. The Morgan fingerprint density at radius 2 is 2.05 bits per heavy atom. The minimum atomic E-state index is -1.03. The van der Waals surface area contributed by atoms with Gasteiger partial charge in [0, 0.05) is 6.54 Å². The van der Waals surface area contributed by atoms with Crippen molar-refractivity contribution in [3.8, 4) is 0 Å². The van der Waals surface area contributed by atoms with Gasteiger partial charge in [0.1, 0.15) is 0 Å². The Morgan fingerprint density at radius 3 is 2.71 bits per heavy atom. The number of nitrogens with one attached hydrogen (secondary N) is 2. The van der Waals surface area contributed by atoms with Crippen LogP contribution in [0.2, 0.25) is 0 Å². The molecule has 1 fully saturated rings. The fraction of sp³-hybridized carbons (Fsp3) is 0.467. The highest BCUT2D eigenvalue weighted by Gasteiger charge is 2.17. The summed E-state index contributed by atoms with van der Waals surface area (Å²) in [6, 6.07) is 4.70. The number of aromatic carboxylic acids is 1. The summed E-state index contributed by atoms with van der Waals surface area (Å²) in [5, 5.41) is 14.7. The molecule has 1 saturated heterocycles. The quantitative estimate of drug-likeness (QED) is 0.799. The smallest absolute Gasteiger partial charge is 0.338 e. The Labute approximate surface area is 128 Å². The Balaban J connectivity index is 1.93. The first-order valence-electron chi connectivity index (χ1n) is 7.03. The molecule has 1 aliphatic rings. The highest BCUT2D eigenvalue weighted by Crippen LogP contribution is 2.22. The zero-order valence-corrected chi connectivity index (χ0v) is 12.8. The Bertz CT molecular complexity index is 528. The van der Waals surface area contributed by atoms with E-state index in [2.05, 4.69) is 10.6 Å². The zero-order chi connectivity index (χ0) is 15.2. The molecule has 0 bridgehead atoms. The molecule has 0 spiro atoms. The van der Waals surface area contributed by atoms with Gasteiger partial charge in [0.15, 0.2) is 0 Å². The van der Waals surface area contributed by atoms with Gasteiger partial charge >= 0.3 is 12.0 Å². The van der Waals surface area contributed by atoms with Gasteiger partial charge in [-0.1, -0.05) is 12.1 Å². The van der Waals surface area contributed by atoms with E-state index >= 15 is 0 Å². The van der Waals surface area contributed by atoms with E-state index in [1.807, 2.05) is 11.8 Å². The monoisotopic (exact) mass is 308 g/mol. The lowest BCUT2D eigenvalue weighted by Crippen LogP contribution is -2.34. The van der Waals surface area contributed by atoms with E-state index in [1.54, 1.807) is 25.1 Å². The summed E-state index contributed by atoms with van der Waals surface area (Å²) in [5.41, 5.74) is 1.10. The number of carbonyl (C=O) groups excluding carboxylic acids is 1. The number of amides is 2. The van der Waals surface area contributed by atoms with Crippen molar-refractivity contribution in [2.24, 2.45) is 5.92 Å². The highest BCUT2D eigenvalue weighted by molar-refractivity contribution is 7.99. The molecule has 1 aromatic rings. The van der Waals surface area contributed by atoms with Crippen LogP contribution in [-0.4, -0.2) is 35.2 Å². The summed E-state index contributed by atoms with van der Waals surface area (Å²) in [5.74, 6) is 1.78. The molecule has 21 heavy (non-hydrogen) atoms. The lowest BCUT2D eigenvalue weighted by Gasteiger charge is -2.21. The second-order valence-corrected chi connectivity index (χ2v) is 6.42. The Kier molecular flexibility index (Phi) is 5.50. The van der Waals surface area contributed by atoms with E-state index in [9.17, 15) is 14.7 Å². The minimum absolute atomic E-state index is 0.140. The number of aryl methyl sites for hydroxylation is 1. The molecule has 2 rings (SSSR count). The van der Waals surface area contributed by atoms with Crippen molar-refractivity contribution in [1.29, 1.82) is 0 Å². The number of hydrogen-bond donors (Lipinski definition) is 3. The normalized spacial score (nSPS) is 15.5. The van der Waals surface area contributed by atoms with Gasteiger partial charge in [-0.3, -0.25) is 0 Å². The molecule has 1 aromatic carbocycles. The van der Waals surface area contributed by atoms with E-state index in [1.165, 1.54) is 0 Å². The molecule has 0 saturated carbocycles. The number of urea groups is 1. The van der Waals surface area contributed by atoms with Crippen molar-refractivity contribution >= 4 is 29.4 Å². The molecule has 0 aromatic heterocycles. The van der Waals surface area contributed by atoms with Crippen LogP contribution in [-0.2, 0) is 0 Å². The predicted molar refractivity (Wildman–Crippen MR) is 85.2 cm³/mol. The number of carbonyl (C=O) groups is 2. The minimum Gasteiger partial charge on any atom is -0.478 e. The van der Waals surface area contributed by atoms with Gasteiger partial charge in [0.05, 0.1) is 11.3 Å². The molecular weight excluding hydrogens is 288 g/mol. The maximum atomic E-state index is 11.9. The lowest BCUT2D eigenvalue weighted by molar-refractivity contribution is 0.0697. The van der Waals surface area contributed by atoms with Crippen LogP contribution < -0.4 is 10.6 Å². The highest BCUT2D eigenvalue weighted by atomic mass is 32.2. The number of benzene rings is 1. The molecule has 2 amide bonds. The lowest BCUT2D eigenvalue weighted by atomic mass is 10.0. The summed E-state index contributed by atoms with van der Waals surface area (Å²) in [6.07, 6.45) is 2.24. The molecule has 0 aliphatic carbocycles. The van der Waals surface area contributed by atoms with Gasteiger partial charge < -0.3 is 15.7 Å². The summed E-state index contributed by atoms with van der Waals surface area (Å²) in [6.45, 7) is 2.35. The number of carboxylic acid groups (broad SMARTS) is 1. The average molecular weight is 308 g/mol. The van der Waals surface area contributed by atoms with Crippen LogP contribution in [0.1, 0.15) is 28.8 Å². The number of anilines is 1. The van der Waals surface area contributed by atoms with Crippen molar-refractivity contribution in [2.45, 2.75) is 19.8 Å². The van der Waals surface area contributed by atoms with Crippen molar-refractivity contribution in [3.63, 3.8) is 0 Å². The third-order valence-corrected chi connectivity index (χ3v) is 4.68. The van der Waals surface area contributed by atoms with Crippen LogP contribution in [0.25, 0.3) is 0 Å². The van der Waals surface area contributed by atoms with Crippen LogP contribution in [0.4, 0.5) is 10.5 Å². The molecule has 0 unspecified atom stereocenters. The summed E-state index contributed by atoms with van der Waals surface area (Å²) >= 11 is 1.95. The van der Waals surface area contributed by atoms with Gasteiger partial charge in [-0.15, -0.1) is 0 Å². The fourth-order valence-corrected chi connectivity index (χ4v) is 3.61. The summed E-state index contributed by atoms with van der Waals surface area (Å²) < 4.78 is 0. The molecule has 1 heterocycles. The van der Waals surface area contributed by atoms with Crippen LogP contribution in [0, 0.1) is 12.8 Å². The average Bonchev–Trinajstić information content (AvgIpc) is 2.46. The summed E-state index contributed by atoms with van der Waals surface area (Å²) in [4.78, 5) is 23.2. The van der Waals surface area contributed by atoms with Crippen molar-refractivity contribution in [2.75, 3.05) is 23.4 Å². The number of hydrogen-bond acceptors (Lipinski definition) is 3. The number of carboxylic acids is 1. The zero-order valence-electron chi connectivity index (χ0n) is 12.0. The van der Waals surface area contributed by atoms with Crippen molar-refractivity contribution in [3.05, 3.63) is 29.3 Å². The Hall–Kier alpha value is -1.69. The van der Waals surface area contributed by atoms with Gasteiger partial charge in [-0.05, 0) is 48.8 Å². The fourth-order valence-electron chi connectivity index (χ4n) is 2.41. The van der Waals surface area contributed by atoms with Crippen molar-refractivity contribution < 1.29 is 14.7 Å². The standard InChI is InChI=1S/C15H20N2O3S/c1-10-3-2-4-12(13(10)14(18)19)17-15(20)16-9-11-5-7-21-8-6-11/h2-4,11H,5-9H2,1H3,(H,18,19)(H2,16,17,20). The third kappa shape index (κ3) is 4.39. The largest absolute Gasteiger partial charge is 0.478 e. The maximum Gasteiger partial charge on any atom is 0.338 e. The van der Waals surface area contributed by atoms with Crippen LogP contribution in [0.15, 0.2) is 18.2 Å². The van der Waals surface area contributed by atoms with Crippen LogP contribution in [0.3, 0.4) is 0 Å². The second-order valence-electron chi connectivity index (χ2n) is 5.19. The van der Waals surface area contributed by atoms with E-state index < -0.39 is 5.97 Å². The predicted octanol–water partition coefficient (Wildman–Crippen LogP) is 2.96. The topological polar surface area (TPSA) is 78.4 Å². The number of thioether (sulfide) groups is 1. The molecule has 6 heteroatoms. The molecular formula is C15H20N2O3S. The molecule has 3 N–H and O–H groups in total. The van der Waals surface area contributed by atoms with E-state index in [0.29, 0.717) is 23.7 Å². The molecule has 0 atom stereocenters. The van der Waals surface area contributed by atoms with E-state index in [0.717, 1.165) is 24.3 Å². The van der Waals surface area contributed by atoms with E-state index in [4.69, 9.17) is 0 Å². The van der Waals surface area contributed by atoms with Gasteiger partial charge in [0.25, 0.3) is 0 Å². The first kappa shape index (κ1) is 15.7. The molecule has 0 radical (unpaired) electrons. The first-order valence-corrected chi connectivity index (χ1v) is 8.19. The van der Waals surface area contributed by atoms with E-state index in [-0.39, 0.29) is 11.6 Å². The van der Waals surface area contributed by atoms with Crippen LogP contribution >= 0.6 is 11.8 Å².